The number of nitrogens with one attached hydrogen (secondary N) is 1. The number of rotatable bonds is 6. The zero-order valence-corrected chi connectivity index (χ0v) is 13.1. The molecule has 1 unspecified atom stereocenters. The molecule has 3 nitrogen and oxygen atoms in total. The van der Waals surface area contributed by atoms with Crippen LogP contribution in [0.4, 0.5) is 5.69 Å². The summed E-state index contributed by atoms with van der Waals surface area (Å²) in [6, 6.07) is 14.5. The Morgan fingerprint density at radius 2 is 1.95 bits per heavy atom. The fraction of sp³-hybridized carbons (Fsp3) is 0.333. The highest BCUT2D eigenvalue weighted by molar-refractivity contribution is 5.58. The lowest BCUT2D eigenvalue weighted by atomic mass is 10.1. The van der Waals surface area contributed by atoms with Crippen LogP contribution >= 0.6 is 0 Å². The molecule has 0 aliphatic rings. The zero-order valence-electron chi connectivity index (χ0n) is 13.1. The largest absolute Gasteiger partial charge is 0.497 e. The van der Waals surface area contributed by atoms with Gasteiger partial charge in [-0.2, -0.15) is 0 Å². The lowest BCUT2D eigenvalue weighted by Crippen LogP contribution is -2.08. The van der Waals surface area contributed by atoms with Gasteiger partial charge in [0.2, 0.25) is 0 Å². The monoisotopic (exact) mass is 285 g/mol. The van der Waals surface area contributed by atoms with Crippen LogP contribution in [0.5, 0.6) is 11.5 Å². The van der Waals surface area contributed by atoms with E-state index in [0.29, 0.717) is 6.61 Å². The second-order valence-electron chi connectivity index (χ2n) is 5.08. The third kappa shape index (κ3) is 3.91. The molecule has 2 rings (SSSR count). The van der Waals surface area contributed by atoms with Gasteiger partial charge in [-0.3, -0.25) is 0 Å². The fourth-order valence-electron chi connectivity index (χ4n) is 2.25. The Morgan fingerprint density at radius 1 is 1.14 bits per heavy atom. The molecule has 0 bridgehead atoms. The second kappa shape index (κ2) is 7.02. The summed E-state index contributed by atoms with van der Waals surface area (Å²) in [6.07, 6.45) is 0. The summed E-state index contributed by atoms with van der Waals surface area (Å²) >= 11 is 0. The molecule has 0 amide bonds. The summed E-state index contributed by atoms with van der Waals surface area (Å²) in [5.74, 6) is 1.77. The number of methoxy groups -OCH3 is 1. The van der Waals surface area contributed by atoms with Crippen LogP contribution in [0, 0.1) is 6.92 Å². The summed E-state index contributed by atoms with van der Waals surface area (Å²) < 4.78 is 11.0. The average Bonchev–Trinajstić information content (AvgIpc) is 2.50. The zero-order chi connectivity index (χ0) is 15.2. The Labute approximate surface area is 126 Å². The van der Waals surface area contributed by atoms with Crippen LogP contribution in [-0.2, 0) is 0 Å². The van der Waals surface area contributed by atoms with E-state index < -0.39 is 0 Å². The Bertz CT molecular complexity index is 596. The van der Waals surface area contributed by atoms with Gasteiger partial charge in [0.1, 0.15) is 11.5 Å². The standard InChI is InChI=1S/C18H23NO2/c1-5-21-18-11-13(2)9-10-17(18)19-14(3)15-7-6-8-16(12-15)20-4/h6-12,14,19H,5H2,1-4H3. The quantitative estimate of drug-likeness (QED) is 0.843. The van der Waals surface area contributed by atoms with Gasteiger partial charge in [-0.15, -0.1) is 0 Å². The van der Waals surface area contributed by atoms with Gasteiger partial charge in [-0.1, -0.05) is 18.2 Å². The molecule has 1 N–H and O–H groups in total. The van der Waals surface area contributed by atoms with Gasteiger partial charge in [-0.25, -0.2) is 0 Å². The first-order valence-corrected chi connectivity index (χ1v) is 7.28. The second-order valence-corrected chi connectivity index (χ2v) is 5.08. The first-order chi connectivity index (χ1) is 10.1. The molecule has 0 heterocycles. The van der Waals surface area contributed by atoms with Crippen molar-refractivity contribution in [2.75, 3.05) is 19.0 Å². The van der Waals surface area contributed by atoms with Crippen LogP contribution in [0.2, 0.25) is 0 Å². The Kier molecular flexibility index (Phi) is 5.09. The van der Waals surface area contributed by atoms with Crippen molar-refractivity contribution in [2.45, 2.75) is 26.8 Å². The van der Waals surface area contributed by atoms with Crippen molar-refractivity contribution in [3.63, 3.8) is 0 Å². The molecule has 0 aromatic heterocycles. The summed E-state index contributed by atoms with van der Waals surface area (Å²) in [6.45, 7) is 6.85. The maximum atomic E-state index is 5.71. The number of aryl methyl sites for hydroxylation is 1. The molecular weight excluding hydrogens is 262 g/mol. The fourth-order valence-corrected chi connectivity index (χ4v) is 2.25. The Hall–Kier alpha value is -2.16. The van der Waals surface area contributed by atoms with Crippen molar-refractivity contribution in [1.82, 2.24) is 0 Å². The summed E-state index contributed by atoms with van der Waals surface area (Å²) in [4.78, 5) is 0. The molecule has 0 saturated heterocycles. The molecular formula is C18H23NO2. The SMILES string of the molecule is CCOc1cc(C)ccc1NC(C)c1cccc(OC)c1. The van der Waals surface area contributed by atoms with Crippen LogP contribution in [0.15, 0.2) is 42.5 Å². The molecule has 0 aliphatic heterocycles. The van der Waals surface area contributed by atoms with E-state index in [2.05, 4.69) is 43.4 Å². The molecule has 2 aromatic carbocycles. The molecule has 3 heteroatoms. The van der Waals surface area contributed by atoms with Crippen LogP contribution in [0.25, 0.3) is 0 Å². The molecule has 112 valence electrons. The lowest BCUT2D eigenvalue weighted by Gasteiger charge is -2.19. The van der Waals surface area contributed by atoms with Gasteiger partial charge in [0.25, 0.3) is 0 Å². The molecule has 0 saturated carbocycles. The van der Waals surface area contributed by atoms with Gasteiger partial charge in [-0.05, 0) is 56.2 Å². The molecule has 21 heavy (non-hydrogen) atoms. The molecule has 0 fully saturated rings. The number of ether oxygens (including phenoxy) is 2. The molecule has 0 aliphatic carbocycles. The maximum absolute atomic E-state index is 5.71. The van der Waals surface area contributed by atoms with Crippen LogP contribution in [0.1, 0.15) is 31.0 Å². The van der Waals surface area contributed by atoms with E-state index in [0.717, 1.165) is 17.2 Å². The van der Waals surface area contributed by atoms with Crippen molar-refractivity contribution < 1.29 is 9.47 Å². The summed E-state index contributed by atoms with van der Waals surface area (Å²) in [5.41, 5.74) is 3.38. The van der Waals surface area contributed by atoms with Gasteiger partial charge >= 0.3 is 0 Å². The van der Waals surface area contributed by atoms with Crippen molar-refractivity contribution in [1.29, 1.82) is 0 Å². The van der Waals surface area contributed by atoms with Crippen molar-refractivity contribution in [2.24, 2.45) is 0 Å². The third-order valence-electron chi connectivity index (χ3n) is 3.40. The number of hydrogen-bond acceptors (Lipinski definition) is 3. The van der Waals surface area contributed by atoms with Gasteiger partial charge in [0.15, 0.2) is 0 Å². The van der Waals surface area contributed by atoms with Crippen molar-refractivity contribution in [3.8, 4) is 11.5 Å². The predicted octanol–water partition coefficient (Wildman–Crippen LogP) is 4.58. The van der Waals surface area contributed by atoms with E-state index >= 15 is 0 Å². The highest BCUT2D eigenvalue weighted by atomic mass is 16.5. The highest BCUT2D eigenvalue weighted by Crippen LogP contribution is 2.30. The van der Waals surface area contributed by atoms with Crippen LogP contribution in [0.3, 0.4) is 0 Å². The summed E-state index contributed by atoms with van der Waals surface area (Å²) in [5, 5.41) is 3.51. The van der Waals surface area contributed by atoms with Crippen LogP contribution in [-0.4, -0.2) is 13.7 Å². The van der Waals surface area contributed by atoms with E-state index in [4.69, 9.17) is 9.47 Å². The van der Waals surface area contributed by atoms with Gasteiger partial charge < -0.3 is 14.8 Å². The minimum Gasteiger partial charge on any atom is -0.497 e. The van der Waals surface area contributed by atoms with Crippen LogP contribution < -0.4 is 14.8 Å². The Morgan fingerprint density at radius 3 is 2.67 bits per heavy atom. The number of benzene rings is 2. The minimum absolute atomic E-state index is 0.169. The third-order valence-corrected chi connectivity index (χ3v) is 3.40. The lowest BCUT2D eigenvalue weighted by molar-refractivity contribution is 0.341. The highest BCUT2D eigenvalue weighted by Gasteiger charge is 2.10. The minimum atomic E-state index is 0.169. The number of anilines is 1. The average molecular weight is 285 g/mol. The molecule has 0 radical (unpaired) electrons. The molecule has 2 aromatic rings. The maximum Gasteiger partial charge on any atom is 0.142 e. The number of hydrogen-bond donors (Lipinski definition) is 1. The van der Waals surface area contributed by atoms with E-state index in [1.165, 1.54) is 11.1 Å². The van der Waals surface area contributed by atoms with Gasteiger partial charge in [0.05, 0.1) is 19.4 Å². The smallest absolute Gasteiger partial charge is 0.142 e. The van der Waals surface area contributed by atoms with Crippen molar-refractivity contribution in [3.05, 3.63) is 53.6 Å². The topological polar surface area (TPSA) is 30.5 Å². The predicted molar refractivity (Wildman–Crippen MR) is 87.4 cm³/mol. The van der Waals surface area contributed by atoms with E-state index in [1.54, 1.807) is 7.11 Å². The Balaban J connectivity index is 2.20. The normalized spacial score (nSPS) is 11.8. The molecule has 1 atom stereocenters. The van der Waals surface area contributed by atoms with Gasteiger partial charge in [0, 0.05) is 6.04 Å². The van der Waals surface area contributed by atoms with E-state index in [9.17, 15) is 0 Å². The van der Waals surface area contributed by atoms with Crippen molar-refractivity contribution >= 4 is 5.69 Å². The summed E-state index contributed by atoms with van der Waals surface area (Å²) in [7, 11) is 1.68. The first kappa shape index (κ1) is 15.2. The molecule has 0 spiro atoms. The van der Waals surface area contributed by atoms with E-state index in [-0.39, 0.29) is 6.04 Å². The van der Waals surface area contributed by atoms with E-state index in [1.807, 2.05) is 25.1 Å². The first-order valence-electron chi connectivity index (χ1n) is 7.28.